The van der Waals surface area contributed by atoms with Gasteiger partial charge in [-0.3, -0.25) is 14.4 Å². The average molecular weight is 462 g/mol. The lowest BCUT2D eigenvalue weighted by Crippen LogP contribution is -2.29. The monoisotopic (exact) mass is 462 g/mol. The first kappa shape index (κ1) is 22.7. The highest BCUT2D eigenvalue weighted by atomic mass is 19.1. The molecule has 0 atom stereocenters. The summed E-state index contributed by atoms with van der Waals surface area (Å²) in [5.41, 5.74) is 1.47. The van der Waals surface area contributed by atoms with Crippen molar-refractivity contribution in [3.63, 3.8) is 0 Å². The van der Waals surface area contributed by atoms with E-state index in [4.69, 9.17) is 9.47 Å². The average Bonchev–Trinajstić information content (AvgIpc) is 3.07. The minimum atomic E-state index is -0.743. The number of hydrogen-bond donors (Lipinski definition) is 1. The van der Waals surface area contributed by atoms with Crippen LogP contribution >= 0.6 is 0 Å². The molecule has 3 amide bonds. The summed E-state index contributed by atoms with van der Waals surface area (Å²) in [5, 5.41) is 2.61. The van der Waals surface area contributed by atoms with E-state index in [1.165, 1.54) is 62.6 Å². The van der Waals surface area contributed by atoms with Gasteiger partial charge in [0.25, 0.3) is 11.8 Å². The third kappa shape index (κ3) is 4.36. The van der Waals surface area contributed by atoms with Gasteiger partial charge in [0.05, 0.1) is 29.5 Å². The number of anilines is 2. The van der Waals surface area contributed by atoms with Crippen molar-refractivity contribution in [2.45, 2.75) is 13.5 Å². The third-order valence-electron chi connectivity index (χ3n) is 5.17. The molecule has 3 aromatic rings. The second-order valence-electron chi connectivity index (χ2n) is 7.47. The van der Waals surface area contributed by atoms with Gasteiger partial charge < -0.3 is 14.8 Å². The Balaban J connectivity index is 1.52. The number of rotatable bonds is 6. The Morgan fingerprint density at radius 2 is 1.65 bits per heavy atom. The number of benzene rings is 3. The van der Waals surface area contributed by atoms with Crippen molar-refractivity contribution in [1.82, 2.24) is 0 Å². The number of methoxy groups -OCH3 is 1. The van der Waals surface area contributed by atoms with Crippen molar-refractivity contribution in [3.8, 4) is 5.75 Å². The molecule has 1 aliphatic rings. The van der Waals surface area contributed by atoms with Crippen LogP contribution in [0.3, 0.4) is 0 Å². The predicted molar refractivity (Wildman–Crippen MR) is 120 cm³/mol. The van der Waals surface area contributed by atoms with E-state index in [0.717, 1.165) is 4.90 Å². The fourth-order valence-corrected chi connectivity index (χ4v) is 3.59. The summed E-state index contributed by atoms with van der Waals surface area (Å²) in [6.07, 6.45) is 0. The van der Waals surface area contributed by atoms with Crippen LogP contribution in [0, 0.1) is 5.82 Å². The first-order chi connectivity index (χ1) is 16.3. The Morgan fingerprint density at radius 1 is 0.941 bits per heavy atom. The van der Waals surface area contributed by atoms with Crippen molar-refractivity contribution in [2.24, 2.45) is 0 Å². The summed E-state index contributed by atoms with van der Waals surface area (Å²) in [6.45, 7) is 1.13. The van der Waals surface area contributed by atoms with E-state index in [9.17, 15) is 23.6 Å². The van der Waals surface area contributed by atoms with Crippen LogP contribution < -0.4 is 15.0 Å². The zero-order valence-electron chi connectivity index (χ0n) is 18.3. The number of nitrogens with zero attached hydrogens (tertiary/aromatic N) is 1. The molecule has 0 aliphatic carbocycles. The van der Waals surface area contributed by atoms with Gasteiger partial charge in [-0.25, -0.2) is 14.1 Å². The van der Waals surface area contributed by atoms with E-state index in [2.05, 4.69) is 5.32 Å². The molecular weight excluding hydrogens is 443 g/mol. The number of hydrogen-bond acceptors (Lipinski definition) is 6. The Morgan fingerprint density at radius 3 is 2.32 bits per heavy atom. The zero-order valence-corrected chi connectivity index (χ0v) is 18.3. The second-order valence-corrected chi connectivity index (χ2v) is 7.47. The number of carbonyl (C=O) groups excluding carboxylic acids is 4. The zero-order chi connectivity index (χ0) is 24.4. The van der Waals surface area contributed by atoms with E-state index in [1.54, 1.807) is 12.1 Å². The molecule has 8 nitrogen and oxygen atoms in total. The van der Waals surface area contributed by atoms with Gasteiger partial charge >= 0.3 is 5.97 Å². The van der Waals surface area contributed by atoms with Crippen LogP contribution in [0.1, 0.15) is 43.6 Å². The number of fused-ring (bicyclic) bond motifs is 1. The maximum absolute atomic E-state index is 13.5. The van der Waals surface area contributed by atoms with Crippen LogP contribution in [0.15, 0.2) is 60.7 Å². The van der Waals surface area contributed by atoms with Crippen LogP contribution in [-0.2, 0) is 16.1 Å². The molecule has 172 valence electrons. The first-order valence-electron chi connectivity index (χ1n) is 10.2. The maximum atomic E-state index is 13.5. The first-order valence-corrected chi connectivity index (χ1v) is 10.2. The van der Waals surface area contributed by atoms with E-state index in [0.29, 0.717) is 22.7 Å². The Hall–Kier alpha value is -4.53. The minimum absolute atomic E-state index is 0.0636. The van der Waals surface area contributed by atoms with Crippen LogP contribution in [0.25, 0.3) is 0 Å². The van der Waals surface area contributed by atoms with Crippen molar-refractivity contribution >= 4 is 35.1 Å². The van der Waals surface area contributed by atoms with Gasteiger partial charge in [0, 0.05) is 18.2 Å². The lowest BCUT2D eigenvalue weighted by Gasteiger charge is -2.14. The lowest BCUT2D eigenvalue weighted by atomic mass is 10.1. The van der Waals surface area contributed by atoms with E-state index in [-0.39, 0.29) is 29.2 Å². The molecule has 0 radical (unpaired) electrons. The summed E-state index contributed by atoms with van der Waals surface area (Å²) in [5.74, 6) is -2.25. The van der Waals surface area contributed by atoms with E-state index in [1.807, 2.05) is 0 Å². The SMILES string of the molecule is COc1ccc(F)cc1COC(=O)c1ccc2c(c1)C(=O)N(c1ccc(NC(C)=O)cc1)C2=O. The highest BCUT2D eigenvalue weighted by Gasteiger charge is 2.37. The minimum Gasteiger partial charge on any atom is -0.496 e. The van der Waals surface area contributed by atoms with Gasteiger partial charge in [-0.2, -0.15) is 0 Å². The molecule has 0 saturated carbocycles. The van der Waals surface area contributed by atoms with Crippen molar-refractivity contribution in [1.29, 1.82) is 0 Å². The highest BCUT2D eigenvalue weighted by molar-refractivity contribution is 6.34. The molecular formula is C25H19FN2O6. The van der Waals surface area contributed by atoms with Crippen LogP contribution in [-0.4, -0.2) is 30.8 Å². The fourth-order valence-electron chi connectivity index (χ4n) is 3.59. The molecule has 1 N–H and O–H groups in total. The fraction of sp³-hybridized carbons (Fsp3) is 0.120. The molecule has 9 heteroatoms. The topological polar surface area (TPSA) is 102 Å². The number of nitrogens with one attached hydrogen (secondary N) is 1. The van der Waals surface area contributed by atoms with Gasteiger partial charge in [0.1, 0.15) is 18.2 Å². The summed E-state index contributed by atoms with van der Waals surface area (Å²) in [6, 6.07) is 14.1. The molecule has 1 heterocycles. The number of amides is 3. The van der Waals surface area contributed by atoms with Crippen LogP contribution in [0.4, 0.5) is 15.8 Å². The summed E-state index contributed by atoms with van der Waals surface area (Å²) >= 11 is 0. The normalized spacial score (nSPS) is 12.4. The molecule has 0 aromatic heterocycles. The van der Waals surface area contributed by atoms with Gasteiger partial charge in [-0.15, -0.1) is 0 Å². The van der Waals surface area contributed by atoms with E-state index < -0.39 is 23.6 Å². The summed E-state index contributed by atoms with van der Waals surface area (Å²) < 4.78 is 23.9. The molecule has 0 unspecified atom stereocenters. The highest BCUT2D eigenvalue weighted by Crippen LogP contribution is 2.30. The maximum Gasteiger partial charge on any atom is 0.338 e. The van der Waals surface area contributed by atoms with Crippen molar-refractivity contribution in [3.05, 3.63) is 88.7 Å². The molecule has 4 rings (SSSR count). The molecule has 1 aliphatic heterocycles. The number of ether oxygens (including phenoxy) is 2. The summed E-state index contributed by atoms with van der Waals surface area (Å²) in [7, 11) is 1.42. The smallest absolute Gasteiger partial charge is 0.338 e. The van der Waals surface area contributed by atoms with Gasteiger partial charge in [0.15, 0.2) is 0 Å². The number of carbonyl (C=O) groups is 4. The molecule has 3 aromatic carbocycles. The van der Waals surface area contributed by atoms with Crippen molar-refractivity contribution in [2.75, 3.05) is 17.3 Å². The number of halogens is 1. The largest absolute Gasteiger partial charge is 0.496 e. The van der Waals surface area contributed by atoms with Gasteiger partial charge in [0.2, 0.25) is 5.91 Å². The summed E-state index contributed by atoms with van der Waals surface area (Å²) in [4.78, 5) is 50.5. The van der Waals surface area contributed by atoms with Crippen LogP contribution in [0.2, 0.25) is 0 Å². The molecule has 0 bridgehead atoms. The van der Waals surface area contributed by atoms with Crippen molar-refractivity contribution < 1.29 is 33.0 Å². The Bertz CT molecular complexity index is 1320. The molecule has 0 spiro atoms. The molecule has 0 fully saturated rings. The van der Waals surface area contributed by atoms with Gasteiger partial charge in [-0.05, 0) is 60.7 Å². The number of esters is 1. The predicted octanol–water partition coefficient (Wildman–Crippen LogP) is 3.95. The molecule has 0 saturated heterocycles. The van der Waals surface area contributed by atoms with Gasteiger partial charge in [-0.1, -0.05) is 0 Å². The standard InChI is InChI=1S/C25H19FN2O6/c1-14(29)27-18-5-7-19(8-6-18)28-23(30)20-9-3-15(12-21(20)24(28)31)25(32)34-13-16-11-17(26)4-10-22(16)33-2/h3-12H,13H2,1-2H3,(H,27,29). The van der Waals surface area contributed by atoms with Crippen LogP contribution in [0.5, 0.6) is 5.75 Å². The quantitative estimate of drug-likeness (QED) is 0.440. The Labute approximate surface area is 193 Å². The second kappa shape index (κ2) is 9.14. The Kier molecular flexibility index (Phi) is 6.09. The van der Waals surface area contributed by atoms with E-state index >= 15 is 0 Å². The molecule has 34 heavy (non-hydrogen) atoms. The lowest BCUT2D eigenvalue weighted by molar-refractivity contribution is -0.114. The number of imide groups is 1. The third-order valence-corrected chi connectivity index (χ3v) is 5.17.